The lowest BCUT2D eigenvalue weighted by Gasteiger charge is -2.28. The number of thiazole rings is 1. The molecule has 1 aromatic heterocycles. The summed E-state index contributed by atoms with van der Waals surface area (Å²) in [6, 6.07) is 24.4. The normalized spacial score (nSPS) is 16.0. The summed E-state index contributed by atoms with van der Waals surface area (Å²) in [5, 5.41) is 0.502. The molecule has 0 aliphatic carbocycles. The van der Waals surface area contributed by atoms with Crippen LogP contribution in [0.2, 0.25) is 0 Å². The average Bonchev–Trinajstić information content (AvgIpc) is 3.49. The van der Waals surface area contributed by atoms with Gasteiger partial charge in [0, 0.05) is 6.61 Å². The van der Waals surface area contributed by atoms with Gasteiger partial charge in [-0.3, -0.25) is 9.69 Å². The van der Waals surface area contributed by atoms with Crippen LogP contribution >= 0.6 is 11.3 Å². The second-order valence-corrected chi connectivity index (χ2v) is 8.93. The number of para-hydroxylation sites is 1. The van der Waals surface area contributed by atoms with Crippen LogP contribution in [0, 0.1) is 5.82 Å². The zero-order chi connectivity index (χ0) is 21.9. The van der Waals surface area contributed by atoms with Gasteiger partial charge < -0.3 is 4.74 Å². The molecule has 0 bridgehead atoms. The maximum atomic E-state index is 14.4. The Morgan fingerprint density at radius 1 is 1.03 bits per heavy atom. The van der Waals surface area contributed by atoms with E-state index < -0.39 is 5.92 Å². The van der Waals surface area contributed by atoms with Crippen LogP contribution in [-0.2, 0) is 9.53 Å². The summed E-state index contributed by atoms with van der Waals surface area (Å²) in [5.41, 5.74) is 2.12. The number of halogens is 1. The molecule has 1 unspecified atom stereocenters. The Labute approximate surface area is 190 Å². The Balaban J connectivity index is 1.59. The van der Waals surface area contributed by atoms with Gasteiger partial charge in [-0.2, -0.15) is 0 Å². The van der Waals surface area contributed by atoms with Crippen molar-refractivity contribution in [2.45, 2.75) is 24.9 Å². The molecule has 1 fully saturated rings. The van der Waals surface area contributed by atoms with Gasteiger partial charge in [-0.15, -0.1) is 0 Å². The largest absolute Gasteiger partial charge is 0.376 e. The molecule has 32 heavy (non-hydrogen) atoms. The molecule has 6 heteroatoms. The predicted octanol–water partition coefficient (Wildman–Crippen LogP) is 5.78. The van der Waals surface area contributed by atoms with E-state index in [1.54, 1.807) is 11.0 Å². The van der Waals surface area contributed by atoms with Crippen LogP contribution in [0.15, 0.2) is 78.9 Å². The molecule has 4 nitrogen and oxygen atoms in total. The van der Waals surface area contributed by atoms with Crippen molar-refractivity contribution in [1.29, 1.82) is 0 Å². The summed E-state index contributed by atoms with van der Waals surface area (Å²) >= 11 is 1.34. The fourth-order valence-corrected chi connectivity index (χ4v) is 5.19. The van der Waals surface area contributed by atoms with Crippen LogP contribution in [0.25, 0.3) is 10.2 Å². The molecule has 4 aromatic rings. The molecular formula is C26H23FN2O2S. The van der Waals surface area contributed by atoms with Crippen molar-refractivity contribution in [3.63, 3.8) is 0 Å². The van der Waals surface area contributed by atoms with Gasteiger partial charge in [-0.25, -0.2) is 9.37 Å². The minimum absolute atomic E-state index is 0.0528. The standard InChI is InChI=1S/C26H23FN2O2S/c27-21-14-7-15-22-24(21)28-26(32-22)29(17-20-13-8-16-31-20)25(30)23(18-9-3-1-4-10-18)19-11-5-2-6-12-19/h1-7,9-12,14-15,20,23H,8,13,16-17H2. The summed E-state index contributed by atoms with van der Waals surface area (Å²) in [4.78, 5) is 20.4. The highest BCUT2D eigenvalue weighted by molar-refractivity contribution is 7.22. The highest BCUT2D eigenvalue weighted by atomic mass is 32.1. The van der Waals surface area contributed by atoms with Crippen LogP contribution in [0.1, 0.15) is 29.9 Å². The Hall–Kier alpha value is -3.09. The Morgan fingerprint density at radius 3 is 2.31 bits per heavy atom. The van der Waals surface area contributed by atoms with Gasteiger partial charge in [0.1, 0.15) is 11.3 Å². The number of aromatic nitrogens is 1. The minimum atomic E-state index is -0.490. The van der Waals surface area contributed by atoms with E-state index in [4.69, 9.17) is 4.74 Å². The van der Waals surface area contributed by atoms with E-state index in [-0.39, 0.29) is 17.8 Å². The number of rotatable bonds is 6. The number of amides is 1. The van der Waals surface area contributed by atoms with Crippen LogP contribution in [-0.4, -0.2) is 30.1 Å². The molecule has 0 N–H and O–H groups in total. The third kappa shape index (κ3) is 4.16. The van der Waals surface area contributed by atoms with Crippen LogP contribution < -0.4 is 4.90 Å². The Kier molecular flexibility index (Phi) is 5.97. The maximum Gasteiger partial charge on any atom is 0.240 e. The number of carbonyl (C=O) groups is 1. The third-order valence-electron chi connectivity index (χ3n) is 5.78. The van der Waals surface area contributed by atoms with Gasteiger partial charge in [0.15, 0.2) is 5.13 Å². The maximum absolute atomic E-state index is 14.4. The number of fused-ring (bicyclic) bond motifs is 1. The van der Waals surface area contributed by atoms with Crippen LogP contribution in [0.5, 0.6) is 0 Å². The number of nitrogens with zero attached hydrogens (tertiary/aromatic N) is 2. The van der Waals surface area contributed by atoms with Crippen molar-refractivity contribution < 1.29 is 13.9 Å². The van der Waals surface area contributed by atoms with Crippen molar-refractivity contribution in [1.82, 2.24) is 4.98 Å². The van der Waals surface area contributed by atoms with Gasteiger partial charge >= 0.3 is 0 Å². The number of benzene rings is 3. The second kappa shape index (κ2) is 9.18. The fraction of sp³-hybridized carbons (Fsp3) is 0.231. The summed E-state index contributed by atoms with van der Waals surface area (Å²) in [7, 11) is 0. The predicted molar refractivity (Wildman–Crippen MR) is 126 cm³/mol. The topological polar surface area (TPSA) is 42.4 Å². The number of hydrogen-bond acceptors (Lipinski definition) is 4. The van der Waals surface area contributed by atoms with Gasteiger partial charge in [0.05, 0.1) is 23.3 Å². The first-order valence-electron chi connectivity index (χ1n) is 10.8. The number of anilines is 1. The lowest BCUT2D eigenvalue weighted by atomic mass is 9.90. The average molecular weight is 447 g/mol. The monoisotopic (exact) mass is 446 g/mol. The van der Waals surface area contributed by atoms with Crippen molar-refractivity contribution in [2.24, 2.45) is 0 Å². The molecule has 162 valence electrons. The van der Waals surface area contributed by atoms with Crippen molar-refractivity contribution in [3.05, 3.63) is 95.8 Å². The number of carbonyl (C=O) groups excluding carboxylic acids is 1. The first kappa shape index (κ1) is 20.8. The molecule has 0 saturated carbocycles. The highest BCUT2D eigenvalue weighted by Crippen LogP contribution is 2.35. The van der Waals surface area contributed by atoms with E-state index in [0.29, 0.717) is 23.8 Å². The lowest BCUT2D eigenvalue weighted by Crippen LogP contribution is -2.40. The van der Waals surface area contributed by atoms with Crippen molar-refractivity contribution >= 4 is 32.6 Å². The van der Waals surface area contributed by atoms with E-state index in [9.17, 15) is 9.18 Å². The SMILES string of the molecule is O=C(C(c1ccccc1)c1ccccc1)N(CC1CCCO1)c1nc2c(F)cccc2s1. The quantitative estimate of drug-likeness (QED) is 0.377. The molecule has 1 aliphatic heterocycles. The molecule has 1 aliphatic rings. The van der Waals surface area contributed by atoms with Gasteiger partial charge in [-0.1, -0.05) is 78.1 Å². The molecule has 3 aromatic carbocycles. The molecule has 0 spiro atoms. The molecule has 5 rings (SSSR count). The lowest BCUT2D eigenvalue weighted by molar-refractivity contribution is -0.119. The van der Waals surface area contributed by atoms with E-state index in [0.717, 1.165) is 28.7 Å². The zero-order valence-electron chi connectivity index (χ0n) is 17.5. The van der Waals surface area contributed by atoms with Crippen LogP contribution in [0.4, 0.5) is 9.52 Å². The van der Waals surface area contributed by atoms with Crippen molar-refractivity contribution in [3.8, 4) is 0 Å². The summed E-state index contributed by atoms with van der Waals surface area (Å²) in [5.74, 6) is -0.954. The molecule has 2 heterocycles. The first-order valence-corrected chi connectivity index (χ1v) is 11.6. The first-order chi connectivity index (χ1) is 15.7. The molecule has 0 radical (unpaired) electrons. The second-order valence-electron chi connectivity index (χ2n) is 7.92. The summed E-state index contributed by atoms with van der Waals surface area (Å²) in [6.45, 7) is 1.10. The fourth-order valence-electron chi connectivity index (χ4n) is 4.20. The smallest absolute Gasteiger partial charge is 0.240 e. The number of hydrogen-bond donors (Lipinski definition) is 0. The molecular weight excluding hydrogens is 423 g/mol. The van der Waals surface area contributed by atoms with E-state index >= 15 is 0 Å². The summed E-state index contributed by atoms with van der Waals surface area (Å²) in [6.07, 6.45) is 1.81. The van der Waals surface area contributed by atoms with Gasteiger partial charge in [0.25, 0.3) is 0 Å². The summed E-state index contributed by atoms with van der Waals surface area (Å²) < 4.78 is 20.9. The Morgan fingerprint density at radius 2 is 1.72 bits per heavy atom. The van der Waals surface area contributed by atoms with E-state index in [1.807, 2.05) is 66.7 Å². The highest BCUT2D eigenvalue weighted by Gasteiger charge is 2.33. The Bertz CT molecular complexity index is 1170. The van der Waals surface area contributed by atoms with E-state index in [1.165, 1.54) is 17.4 Å². The number of ether oxygens (including phenoxy) is 1. The van der Waals surface area contributed by atoms with Gasteiger partial charge in [-0.05, 0) is 36.1 Å². The van der Waals surface area contributed by atoms with E-state index in [2.05, 4.69) is 4.98 Å². The molecule has 1 atom stereocenters. The molecule has 1 amide bonds. The van der Waals surface area contributed by atoms with Crippen LogP contribution in [0.3, 0.4) is 0 Å². The molecule has 1 saturated heterocycles. The van der Waals surface area contributed by atoms with Gasteiger partial charge in [0.2, 0.25) is 5.91 Å². The third-order valence-corrected chi connectivity index (χ3v) is 6.82. The minimum Gasteiger partial charge on any atom is -0.376 e. The van der Waals surface area contributed by atoms with Crippen molar-refractivity contribution in [2.75, 3.05) is 18.1 Å². The zero-order valence-corrected chi connectivity index (χ0v) is 18.3.